The molecule has 0 saturated carbocycles. The Morgan fingerprint density at radius 2 is 1.45 bits per heavy atom. The second-order valence-electron chi connectivity index (χ2n) is 11.1. The second kappa shape index (κ2) is 20.4. The van der Waals surface area contributed by atoms with Crippen LogP contribution in [0.4, 0.5) is 5.69 Å². The number of hydrogen-bond donors (Lipinski definition) is 1. The van der Waals surface area contributed by atoms with E-state index in [2.05, 4.69) is 35.4 Å². The van der Waals surface area contributed by atoms with Gasteiger partial charge in [0.2, 0.25) is 11.4 Å². The molecule has 3 rings (SSSR count). The zero-order valence-corrected chi connectivity index (χ0v) is 28.2. The maximum absolute atomic E-state index is 13.2. The molecule has 0 atom stereocenters. The summed E-state index contributed by atoms with van der Waals surface area (Å²) in [6.45, 7) is 7.14. The van der Waals surface area contributed by atoms with Gasteiger partial charge in [0.1, 0.15) is 5.75 Å². The monoisotopic (exact) mass is 656 g/mol. The molecule has 42 heavy (non-hydrogen) atoms. The highest BCUT2D eigenvalue weighted by atomic mass is 79.9. The fraction of sp³-hybridized carbons (Fsp3) is 0.514. The Labute approximate surface area is 267 Å². The molecule has 0 fully saturated rings. The lowest BCUT2D eigenvalue weighted by Crippen LogP contribution is -3.00. The van der Waals surface area contributed by atoms with Crippen LogP contribution in [0.5, 0.6) is 5.75 Å². The van der Waals surface area contributed by atoms with Gasteiger partial charge in [-0.1, -0.05) is 119 Å². The summed E-state index contributed by atoms with van der Waals surface area (Å²) in [5, 5.41) is 3.09. The number of anilines is 1. The Balaban J connectivity index is 0.00000616. The van der Waals surface area contributed by atoms with E-state index in [-0.39, 0.29) is 35.1 Å². The van der Waals surface area contributed by atoms with Gasteiger partial charge in [-0.05, 0) is 32.4 Å². The number of aromatic nitrogens is 1. The lowest BCUT2D eigenvalue weighted by molar-refractivity contribution is -0.683. The number of amides is 1. The number of unbranched alkanes of at least 4 members (excludes halogenated alkanes) is 11. The van der Waals surface area contributed by atoms with Crippen molar-refractivity contribution in [2.75, 3.05) is 11.9 Å². The Bertz CT molecular complexity index is 1230. The van der Waals surface area contributed by atoms with Gasteiger partial charge in [-0.15, -0.1) is 0 Å². The maximum atomic E-state index is 13.2. The molecule has 0 bridgehead atoms. The number of halogens is 1. The fourth-order valence-electron chi connectivity index (χ4n) is 5.16. The molecule has 7 heteroatoms. The Morgan fingerprint density at radius 1 is 0.833 bits per heavy atom. The molecule has 0 aliphatic carbocycles. The molecule has 1 N–H and O–H groups in total. The van der Waals surface area contributed by atoms with Crippen molar-refractivity contribution in [3.05, 3.63) is 75.7 Å². The molecular weight excluding hydrogens is 608 g/mol. The highest BCUT2D eigenvalue weighted by Gasteiger charge is 2.17. The minimum absolute atomic E-state index is 0. The van der Waals surface area contributed by atoms with E-state index in [4.69, 9.17) is 4.74 Å². The van der Waals surface area contributed by atoms with E-state index in [9.17, 15) is 9.59 Å². The summed E-state index contributed by atoms with van der Waals surface area (Å²) in [6.07, 6.45) is 17.7. The number of ether oxygens (including phenoxy) is 1. The number of benzene rings is 2. The van der Waals surface area contributed by atoms with E-state index in [1.54, 1.807) is 24.3 Å². The minimum Gasteiger partial charge on any atom is -1.00 e. The number of hydrogen-bond acceptors (Lipinski definition) is 4. The molecule has 0 aliphatic rings. The van der Waals surface area contributed by atoms with Crippen LogP contribution in [0.15, 0.2) is 54.2 Å². The van der Waals surface area contributed by atoms with Crippen molar-refractivity contribution in [2.24, 2.45) is 0 Å². The number of para-hydroxylation sites is 2. The predicted molar refractivity (Wildman–Crippen MR) is 170 cm³/mol. The van der Waals surface area contributed by atoms with Crippen LogP contribution in [0, 0.1) is 6.92 Å². The van der Waals surface area contributed by atoms with E-state index in [1.807, 2.05) is 36.4 Å². The summed E-state index contributed by atoms with van der Waals surface area (Å²) in [7, 11) is 0. The van der Waals surface area contributed by atoms with Crippen LogP contribution in [0.25, 0.3) is 0 Å². The van der Waals surface area contributed by atoms with E-state index >= 15 is 0 Å². The summed E-state index contributed by atoms with van der Waals surface area (Å²) in [6, 6.07) is 13.4. The van der Waals surface area contributed by atoms with Crippen molar-refractivity contribution in [3.8, 4) is 5.75 Å². The smallest absolute Gasteiger partial charge is 0.228 e. The molecule has 0 spiro atoms. The van der Waals surface area contributed by atoms with Crippen LogP contribution in [-0.4, -0.2) is 18.3 Å². The zero-order valence-electron chi connectivity index (χ0n) is 25.8. The van der Waals surface area contributed by atoms with Crippen LogP contribution >= 0.6 is 11.3 Å². The second-order valence-corrected chi connectivity index (χ2v) is 12.2. The largest absolute Gasteiger partial charge is 1.00 e. The van der Waals surface area contributed by atoms with E-state index in [0.29, 0.717) is 24.5 Å². The standard InChI is InChI=1S/C35H48N2O3S.BrH/c1-4-5-6-7-8-9-10-11-12-13-14-17-23-40-35-30(20-18-21-32(35)29(3)38)24-34(39)36-33-22-16-15-19-31(33)26-37-25-28(2)41-27-37;/h15-16,18-22,25,27H,4-14,17,23-24,26H2,1-3H3;1H. The maximum Gasteiger partial charge on any atom is 0.228 e. The van der Waals surface area contributed by atoms with Crippen molar-refractivity contribution < 1.29 is 35.9 Å². The molecule has 0 unspecified atom stereocenters. The molecule has 5 nitrogen and oxygen atoms in total. The molecule has 1 aromatic heterocycles. The molecule has 0 aliphatic heterocycles. The first-order chi connectivity index (χ1) is 20.0. The number of aryl methyl sites for hydroxylation is 1. The van der Waals surface area contributed by atoms with Gasteiger partial charge in [-0.3, -0.25) is 9.59 Å². The first-order valence-corrected chi connectivity index (χ1v) is 16.4. The minimum atomic E-state index is -0.125. The highest BCUT2D eigenvalue weighted by molar-refractivity contribution is 7.09. The van der Waals surface area contributed by atoms with Crippen molar-refractivity contribution in [3.63, 3.8) is 0 Å². The van der Waals surface area contributed by atoms with E-state index < -0.39 is 0 Å². The molecule has 0 radical (unpaired) electrons. The first-order valence-electron chi connectivity index (χ1n) is 15.6. The molecular formula is C35H49BrN2O3S. The van der Waals surface area contributed by atoms with Crippen LogP contribution in [0.1, 0.15) is 117 Å². The number of rotatable bonds is 20. The average molecular weight is 658 g/mol. The SMILES string of the molecule is CCCCCCCCCCCCCCOc1c(CC(=O)Nc2ccccc2C[n+]2csc(C)c2)cccc1C(C)=O.[Br-]. The predicted octanol–water partition coefficient (Wildman–Crippen LogP) is 5.86. The third-order valence-corrected chi connectivity index (χ3v) is 8.29. The summed E-state index contributed by atoms with van der Waals surface area (Å²) < 4.78 is 8.30. The van der Waals surface area contributed by atoms with Crippen molar-refractivity contribution in [1.29, 1.82) is 0 Å². The molecule has 230 valence electrons. The van der Waals surface area contributed by atoms with Crippen molar-refractivity contribution >= 4 is 28.7 Å². The quantitative estimate of drug-likeness (QED) is 0.0942. The van der Waals surface area contributed by atoms with E-state index in [0.717, 1.165) is 29.7 Å². The number of ketones is 1. The van der Waals surface area contributed by atoms with Gasteiger partial charge in [0.15, 0.2) is 18.5 Å². The number of carbonyl (C=O) groups excluding carboxylic acids is 2. The van der Waals surface area contributed by atoms with Crippen LogP contribution in [-0.2, 0) is 17.8 Å². The van der Waals surface area contributed by atoms with Gasteiger partial charge in [-0.25, -0.2) is 0 Å². The van der Waals surface area contributed by atoms with Gasteiger partial charge < -0.3 is 27.0 Å². The van der Waals surface area contributed by atoms with E-state index in [1.165, 1.54) is 69.1 Å². The van der Waals surface area contributed by atoms with Gasteiger partial charge in [0.05, 0.1) is 29.2 Å². The summed E-state index contributed by atoms with van der Waals surface area (Å²) in [4.78, 5) is 26.8. The molecule has 0 saturated heterocycles. The topological polar surface area (TPSA) is 59.3 Å². The van der Waals surface area contributed by atoms with Gasteiger partial charge >= 0.3 is 0 Å². The summed E-state index contributed by atoms with van der Waals surface area (Å²) in [5.74, 6) is 0.376. The molecule has 3 aromatic rings. The number of nitrogens with one attached hydrogen (secondary N) is 1. The molecule has 1 amide bonds. The lowest BCUT2D eigenvalue weighted by Gasteiger charge is -2.15. The Kier molecular flexibility index (Phi) is 17.3. The van der Waals surface area contributed by atoms with Crippen LogP contribution in [0.2, 0.25) is 0 Å². The third-order valence-electron chi connectivity index (χ3n) is 7.44. The number of thiazole rings is 1. The number of nitrogens with zero attached hydrogens (tertiary/aromatic N) is 1. The van der Waals surface area contributed by atoms with Crippen LogP contribution in [0.3, 0.4) is 0 Å². The van der Waals surface area contributed by atoms with Crippen molar-refractivity contribution in [2.45, 2.75) is 111 Å². The lowest BCUT2D eigenvalue weighted by atomic mass is 10.0. The normalized spacial score (nSPS) is 10.7. The number of Topliss-reactive ketones (excluding diaryl/α,β-unsaturated/α-hetero) is 1. The average Bonchev–Trinajstić information content (AvgIpc) is 3.37. The first kappa shape index (κ1) is 35.7. The third kappa shape index (κ3) is 12.8. The molecule has 1 heterocycles. The van der Waals surface area contributed by atoms with Gasteiger partial charge in [-0.2, -0.15) is 4.57 Å². The summed E-state index contributed by atoms with van der Waals surface area (Å²) >= 11 is 1.70. The molecule has 2 aromatic carbocycles. The van der Waals surface area contributed by atoms with Crippen LogP contribution < -0.4 is 31.6 Å². The summed E-state index contributed by atoms with van der Waals surface area (Å²) in [5.41, 5.74) is 5.22. The highest BCUT2D eigenvalue weighted by Crippen LogP contribution is 2.27. The Morgan fingerprint density at radius 3 is 2.07 bits per heavy atom. The van der Waals surface area contributed by atoms with Crippen molar-refractivity contribution in [1.82, 2.24) is 0 Å². The Hall–Kier alpha value is -2.51. The fourth-order valence-corrected chi connectivity index (χ4v) is 5.79. The van der Waals surface area contributed by atoms with Gasteiger partial charge in [0.25, 0.3) is 0 Å². The number of carbonyl (C=O) groups is 2. The zero-order chi connectivity index (χ0) is 29.3. The van der Waals surface area contributed by atoms with Gasteiger partial charge in [0, 0.05) is 11.1 Å².